The first-order valence-electron chi connectivity index (χ1n) is 22.0. The predicted octanol–water partition coefficient (Wildman–Crippen LogP) is 17.9. The summed E-state index contributed by atoms with van der Waals surface area (Å²) in [6.45, 7) is 0. The topological polar surface area (TPSA) is 26.3 Å². The van der Waals surface area contributed by atoms with Gasteiger partial charge in [0.25, 0.3) is 0 Å². The Morgan fingerprint density at radius 2 is 0.625 bits per heavy atom. The maximum atomic E-state index is 6.90. The van der Waals surface area contributed by atoms with Gasteiger partial charge >= 0.3 is 0 Å². The average Bonchev–Trinajstić information content (AvgIpc) is 3.94. The van der Waals surface area contributed by atoms with Gasteiger partial charge in [-0.3, -0.25) is 0 Å². The summed E-state index contributed by atoms with van der Waals surface area (Å²) < 4.78 is 13.4. The van der Waals surface area contributed by atoms with Gasteiger partial charge in [0, 0.05) is 21.5 Å². The van der Waals surface area contributed by atoms with Crippen molar-refractivity contribution in [2.75, 3.05) is 0 Å². The van der Waals surface area contributed by atoms with Crippen molar-refractivity contribution < 1.29 is 8.83 Å². The molecule has 2 nitrogen and oxygen atoms in total. The summed E-state index contributed by atoms with van der Waals surface area (Å²) in [5, 5.41) is 16.6. The Morgan fingerprint density at radius 1 is 0.219 bits per heavy atom. The van der Waals surface area contributed by atoms with E-state index in [1.165, 1.54) is 81.7 Å². The lowest BCUT2D eigenvalue weighted by atomic mass is 9.83. The Labute approximate surface area is 367 Å². The summed E-state index contributed by atoms with van der Waals surface area (Å²) in [4.78, 5) is 0. The van der Waals surface area contributed by atoms with Crippen LogP contribution in [0.4, 0.5) is 0 Å². The summed E-state index contributed by atoms with van der Waals surface area (Å²) in [6, 6.07) is 79.2. The standard InChI is InChI=1S/C62H36O2/c1-2-17-38(18-3-1)56-41-20-6-10-24-45(41)58(46-25-11-7-21-42(46)56)49-28-14-30-53-61(49)62-50(29-15-31-54(62)64-53)59-47-26-12-8-22-43(47)57(44-23-9-13-27-48(44)59)39-33-34-52-51(36-39)60-40-19-5-4-16-37(40)32-35-55(60)63-52/h1-36H. The van der Waals surface area contributed by atoms with Crippen molar-refractivity contribution in [3.8, 4) is 44.5 Å². The lowest BCUT2D eigenvalue weighted by Gasteiger charge is -2.19. The van der Waals surface area contributed by atoms with Crippen LogP contribution in [0.1, 0.15) is 0 Å². The van der Waals surface area contributed by atoms with E-state index < -0.39 is 0 Å². The molecule has 0 spiro atoms. The van der Waals surface area contributed by atoms with Gasteiger partial charge in [-0.15, -0.1) is 0 Å². The normalized spacial score (nSPS) is 12.1. The fourth-order valence-corrected chi connectivity index (χ4v) is 11.0. The number of hydrogen-bond acceptors (Lipinski definition) is 2. The molecular formula is C62H36O2. The van der Waals surface area contributed by atoms with Gasteiger partial charge in [0.2, 0.25) is 0 Å². The van der Waals surface area contributed by atoms with Gasteiger partial charge in [-0.25, -0.2) is 0 Å². The SMILES string of the molecule is c1ccc(-c2c3ccccc3c(-c3cccc4oc5cccc(-c6c7ccccc7c(-c7ccc8oc9ccc%10ccccc%10c9c8c7)c7ccccc67)c5c34)c3ccccc23)cc1. The van der Waals surface area contributed by atoms with E-state index in [2.05, 4.69) is 218 Å². The van der Waals surface area contributed by atoms with Gasteiger partial charge in [0.05, 0.1) is 0 Å². The third-order valence-electron chi connectivity index (χ3n) is 13.6. The molecule has 0 radical (unpaired) electrons. The minimum Gasteiger partial charge on any atom is -0.456 e. The quantitative estimate of drug-likeness (QED) is 0.166. The second-order valence-electron chi connectivity index (χ2n) is 17.0. The molecule has 14 rings (SSSR count). The molecule has 0 aliphatic heterocycles. The second-order valence-corrected chi connectivity index (χ2v) is 17.0. The molecule has 0 amide bonds. The van der Waals surface area contributed by atoms with Crippen molar-refractivity contribution in [2.24, 2.45) is 0 Å². The molecule has 0 aliphatic rings. The first-order valence-corrected chi connectivity index (χ1v) is 22.0. The van der Waals surface area contributed by atoms with Crippen LogP contribution in [0, 0.1) is 0 Å². The predicted molar refractivity (Wildman–Crippen MR) is 270 cm³/mol. The molecule has 296 valence electrons. The third kappa shape index (κ3) is 4.96. The van der Waals surface area contributed by atoms with Crippen molar-refractivity contribution >= 4 is 97.7 Å². The van der Waals surface area contributed by atoms with Gasteiger partial charge in [0.1, 0.15) is 22.3 Å². The Hall–Kier alpha value is -8.46. The van der Waals surface area contributed by atoms with Crippen LogP contribution < -0.4 is 0 Å². The van der Waals surface area contributed by atoms with E-state index in [1.54, 1.807) is 0 Å². The summed E-state index contributed by atoms with van der Waals surface area (Å²) in [6.07, 6.45) is 0. The Bertz CT molecular complexity index is 4130. The van der Waals surface area contributed by atoms with Crippen LogP contribution in [0.25, 0.3) is 142 Å². The lowest BCUT2D eigenvalue weighted by molar-refractivity contribution is 0.669. The molecule has 64 heavy (non-hydrogen) atoms. The van der Waals surface area contributed by atoms with Gasteiger partial charge in [0.15, 0.2) is 0 Å². The van der Waals surface area contributed by atoms with E-state index in [1.807, 2.05) is 0 Å². The van der Waals surface area contributed by atoms with Gasteiger partial charge in [-0.2, -0.15) is 0 Å². The van der Waals surface area contributed by atoms with Gasteiger partial charge < -0.3 is 8.83 Å². The van der Waals surface area contributed by atoms with E-state index in [4.69, 9.17) is 8.83 Å². The van der Waals surface area contributed by atoms with Crippen LogP contribution in [0.3, 0.4) is 0 Å². The molecule has 0 unspecified atom stereocenters. The monoisotopic (exact) mass is 812 g/mol. The zero-order valence-electron chi connectivity index (χ0n) is 34.6. The summed E-state index contributed by atoms with van der Waals surface area (Å²) in [5.41, 5.74) is 13.1. The summed E-state index contributed by atoms with van der Waals surface area (Å²) in [5.74, 6) is 0. The molecule has 2 heterocycles. The lowest BCUT2D eigenvalue weighted by Crippen LogP contribution is -1.92. The minimum atomic E-state index is 0.871. The number of furan rings is 2. The van der Waals surface area contributed by atoms with Gasteiger partial charge in [-0.05, 0) is 129 Å². The fourth-order valence-electron chi connectivity index (χ4n) is 11.0. The molecule has 2 heteroatoms. The van der Waals surface area contributed by atoms with E-state index in [0.29, 0.717) is 0 Å². The molecular weight excluding hydrogens is 777 g/mol. The van der Waals surface area contributed by atoms with Gasteiger partial charge in [-0.1, -0.05) is 188 Å². The van der Waals surface area contributed by atoms with Crippen molar-refractivity contribution in [3.05, 3.63) is 218 Å². The molecule has 0 saturated heterocycles. The first-order chi connectivity index (χ1) is 31.8. The molecule has 0 aliphatic carbocycles. The Balaban J connectivity index is 1.07. The van der Waals surface area contributed by atoms with Crippen LogP contribution >= 0.6 is 0 Å². The highest BCUT2D eigenvalue weighted by atomic mass is 16.3. The maximum absolute atomic E-state index is 6.90. The molecule has 0 atom stereocenters. The van der Waals surface area contributed by atoms with Crippen molar-refractivity contribution in [2.45, 2.75) is 0 Å². The molecule has 0 saturated carbocycles. The molecule has 0 fully saturated rings. The Kier molecular flexibility index (Phi) is 7.43. The van der Waals surface area contributed by atoms with Crippen molar-refractivity contribution in [3.63, 3.8) is 0 Å². The largest absolute Gasteiger partial charge is 0.456 e. The maximum Gasteiger partial charge on any atom is 0.136 e. The van der Waals surface area contributed by atoms with Crippen molar-refractivity contribution in [1.29, 1.82) is 0 Å². The summed E-state index contributed by atoms with van der Waals surface area (Å²) >= 11 is 0. The summed E-state index contributed by atoms with van der Waals surface area (Å²) in [7, 11) is 0. The highest BCUT2D eigenvalue weighted by molar-refractivity contribution is 6.30. The molecule has 0 bridgehead atoms. The van der Waals surface area contributed by atoms with Crippen LogP contribution in [0.15, 0.2) is 227 Å². The van der Waals surface area contributed by atoms with Crippen LogP contribution in [-0.4, -0.2) is 0 Å². The zero-order chi connectivity index (χ0) is 41.9. The smallest absolute Gasteiger partial charge is 0.136 e. The third-order valence-corrected chi connectivity index (χ3v) is 13.6. The van der Waals surface area contributed by atoms with Crippen LogP contribution in [-0.2, 0) is 0 Å². The van der Waals surface area contributed by atoms with E-state index in [-0.39, 0.29) is 0 Å². The highest BCUT2D eigenvalue weighted by Crippen LogP contribution is 2.51. The number of benzene rings is 12. The first kappa shape index (κ1) is 35.2. The van der Waals surface area contributed by atoms with Crippen LogP contribution in [0.5, 0.6) is 0 Å². The second kappa shape index (κ2) is 13.5. The minimum absolute atomic E-state index is 0.871. The molecule has 12 aromatic carbocycles. The number of hydrogen-bond donors (Lipinski definition) is 0. The van der Waals surface area contributed by atoms with E-state index in [0.717, 1.165) is 60.6 Å². The molecule has 0 N–H and O–H groups in total. The number of rotatable bonds is 4. The fraction of sp³-hybridized carbons (Fsp3) is 0. The van der Waals surface area contributed by atoms with E-state index in [9.17, 15) is 0 Å². The van der Waals surface area contributed by atoms with Crippen LogP contribution in [0.2, 0.25) is 0 Å². The zero-order valence-corrected chi connectivity index (χ0v) is 34.6. The molecule has 2 aromatic heterocycles. The highest BCUT2D eigenvalue weighted by Gasteiger charge is 2.24. The van der Waals surface area contributed by atoms with E-state index >= 15 is 0 Å². The number of fused-ring (bicyclic) bond motifs is 12. The van der Waals surface area contributed by atoms with Crippen molar-refractivity contribution in [1.82, 2.24) is 0 Å². The average molecular weight is 813 g/mol. The Morgan fingerprint density at radius 3 is 1.16 bits per heavy atom. The molecule has 14 aromatic rings.